The number of nitrogens with zero attached hydrogens (tertiary/aromatic N) is 2. The predicted molar refractivity (Wildman–Crippen MR) is 164 cm³/mol. The average molecular weight is 616 g/mol. The van der Waals surface area contributed by atoms with Crippen molar-refractivity contribution < 1.29 is 19.0 Å². The minimum atomic E-state index is -0.463. The molecular formula is C31H43BrN4O4. The van der Waals surface area contributed by atoms with E-state index >= 15 is 0 Å². The van der Waals surface area contributed by atoms with E-state index in [4.69, 9.17) is 14.2 Å². The van der Waals surface area contributed by atoms with Gasteiger partial charge in [0.2, 0.25) is 0 Å². The number of hydrogen-bond acceptors (Lipinski definition) is 7. The summed E-state index contributed by atoms with van der Waals surface area (Å²) in [4.78, 5) is 21.0. The first-order chi connectivity index (χ1) is 19.1. The first kappa shape index (κ1) is 31.5. The number of carbonyl (C=O) groups is 1. The molecule has 0 fully saturated rings. The Balaban J connectivity index is 1.48. The molecule has 40 heavy (non-hydrogen) atoms. The zero-order chi connectivity index (χ0) is 29.1. The van der Waals surface area contributed by atoms with E-state index in [1.165, 1.54) is 0 Å². The Kier molecular flexibility index (Phi) is 11.9. The topological polar surface area (TPSA) is 94.6 Å². The van der Waals surface area contributed by atoms with E-state index in [0.717, 1.165) is 65.3 Å². The number of anilines is 1. The van der Waals surface area contributed by atoms with Crippen LogP contribution in [0.3, 0.4) is 0 Å². The molecule has 0 aliphatic heterocycles. The van der Waals surface area contributed by atoms with Crippen LogP contribution in [-0.4, -0.2) is 41.9 Å². The molecule has 0 bridgehead atoms. The second-order valence-electron chi connectivity index (χ2n) is 11.0. The van der Waals surface area contributed by atoms with E-state index in [9.17, 15) is 4.79 Å². The molecular weight excluding hydrogens is 572 g/mol. The average Bonchev–Trinajstić information content (AvgIpc) is 2.88. The predicted octanol–water partition coefficient (Wildman–Crippen LogP) is 8.13. The maximum atomic E-state index is 11.7. The number of nitrogens with one attached hydrogen (secondary N) is 2. The van der Waals surface area contributed by atoms with Crippen molar-refractivity contribution in [1.29, 1.82) is 0 Å². The number of unbranched alkanes of at least 4 members (excludes halogenated alkanes) is 5. The Bertz CT molecular complexity index is 1260. The Labute approximate surface area is 246 Å². The number of aryl methyl sites for hydroxylation is 1. The molecule has 0 saturated heterocycles. The third-order valence-corrected chi connectivity index (χ3v) is 6.78. The molecule has 1 heterocycles. The first-order valence-electron chi connectivity index (χ1n) is 14.0. The van der Waals surface area contributed by atoms with Gasteiger partial charge >= 0.3 is 6.09 Å². The number of hydrogen-bond donors (Lipinski definition) is 2. The molecule has 0 aliphatic rings. The fourth-order valence-electron chi connectivity index (χ4n) is 4.32. The second kappa shape index (κ2) is 15.1. The molecule has 0 spiro atoms. The molecule has 0 radical (unpaired) electrons. The van der Waals surface area contributed by atoms with Crippen LogP contribution in [0.1, 0.15) is 83.6 Å². The van der Waals surface area contributed by atoms with Gasteiger partial charge in [-0.2, -0.15) is 0 Å². The molecule has 9 heteroatoms. The lowest BCUT2D eigenvalue weighted by Gasteiger charge is -2.19. The monoisotopic (exact) mass is 614 g/mol. The van der Waals surface area contributed by atoms with Gasteiger partial charge in [0.25, 0.3) is 0 Å². The number of rotatable bonds is 14. The van der Waals surface area contributed by atoms with Crippen molar-refractivity contribution in [3.05, 3.63) is 52.3 Å². The summed E-state index contributed by atoms with van der Waals surface area (Å²) in [5.74, 6) is 2.80. The van der Waals surface area contributed by atoms with E-state index in [2.05, 4.69) is 55.6 Å². The van der Waals surface area contributed by atoms with E-state index in [1.807, 2.05) is 52.0 Å². The lowest BCUT2D eigenvalue weighted by atomic mass is 10.1. The van der Waals surface area contributed by atoms with Crippen molar-refractivity contribution in [3.8, 4) is 11.5 Å². The van der Waals surface area contributed by atoms with Crippen LogP contribution in [0.4, 0.5) is 10.6 Å². The highest BCUT2D eigenvalue weighted by Crippen LogP contribution is 2.35. The van der Waals surface area contributed by atoms with Gasteiger partial charge in [-0.15, -0.1) is 0 Å². The van der Waals surface area contributed by atoms with Crippen LogP contribution >= 0.6 is 15.9 Å². The molecule has 1 aromatic heterocycles. The summed E-state index contributed by atoms with van der Waals surface area (Å²) in [6.45, 7) is 10.8. The number of benzene rings is 2. The summed E-state index contributed by atoms with van der Waals surface area (Å²) in [5, 5.41) is 7.24. The summed E-state index contributed by atoms with van der Waals surface area (Å²) >= 11 is 3.55. The fourth-order valence-corrected chi connectivity index (χ4v) is 4.74. The lowest BCUT2D eigenvalue weighted by molar-refractivity contribution is 0.0527. The quantitative estimate of drug-likeness (QED) is 0.177. The summed E-state index contributed by atoms with van der Waals surface area (Å²) < 4.78 is 18.1. The van der Waals surface area contributed by atoms with E-state index < -0.39 is 5.60 Å². The van der Waals surface area contributed by atoms with Crippen LogP contribution in [0.2, 0.25) is 0 Å². The number of methoxy groups -OCH3 is 1. The van der Waals surface area contributed by atoms with Gasteiger partial charge in [-0.05, 0) is 71.2 Å². The number of ether oxygens (including phenoxy) is 3. The molecule has 2 N–H and O–H groups in total. The van der Waals surface area contributed by atoms with Crippen LogP contribution < -0.4 is 20.1 Å². The van der Waals surface area contributed by atoms with Gasteiger partial charge in [0.15, 0.2) is 11.5 Å². The first-order valence-corrected chi connectivity index (χ1v) is 14.8. The van der Waals surface area contributed by atoms with E-state index in [-0.39, 0.29) is 12.1 Å². The van der Waals surface area contributed by atoms with Gasteiger partial charge < -0.3 is 24.8 Å². The number of halogens is 1. The van der Waals surface area contributed by atoms with Crippen molar-refractivity contribution >= 4 is 38.7 Å². The van der Waals surface area contributed by atoms with Crippen molar-refractivity contribution in [2.45, 2.75) is 84.8 Å². The van der Waals surface area contributed by atoms with Crippen molar-refractivity contribution in [2.75, 3.05) is 25.6 Å². The van der Waals surface area contributed by atoms with Crippen LogP contribution in [-0.2, 0) is 4.74 Å². The van der Waals surface area contributed by atoms with Crippen molar-refractivity contribution in [2.24, 2.45) is 0 Å². The van der Waals surface area contributed by atoms with Crippen molar-refractivity contribution in [3.63, 3.8) is 0 Å². The van der Waals surface area contributed by atoms with Gasteiger partial charge in [-0.1, -0.05) is 53.7 Å². The van der Waals surface area contributed by atoms with Gasteiger partial charge in [0.05, 0.1) is 25.3 Å². The summed E-state index contributed by atoms with van der Waals surface area (Å²) in [5.41, 5.74) is 1.50. The summed E-state index contributed by atoms with van der Waals surface area (Å²) in [6.07, 6.45) is 5.96. The molecule has 1 amide bonds. The van der Waals surface area contributed by atoms with Gasteiger partial charge in [0, 0.05) is 22.5 Å². The molecule has 8 nitrogen and oxygen atoms in total. The third kappa shape index (κ3) is 10.2. The van der Waals surface area contributed by atoms with Crippen LogP contribution in [0.25, 0.3) is 10.9 Å². The Morgan fingerprint density at radius 3 is 2.42 bits per heavy atom. The van der Waals surface area contributed by atoms with Crippen LogP contribution in [0.5, 0.6) is 11.5 Å². The number of amides is 1. The van der Waals surface area contributed by atoms with Crippen LogP contribution in [0, 0.1) is 6.92 Å². The Hall–Kier alpha value is -3.07. The molecule has 3 aromatic rings. The molecule has 3 rings (SSSR count). The smallest absolute Gasteiger partial charge is 0.407 e. The SMILES string of the molecule is COc1cc2c(N[C@H](C)c3cccc(Br)c3)nc(C)nc2cc1OCCCCCCCCNC(=O)OC(C)(C)C. The van der Waals surface area contributed by atoms with Gasteiger partial charge in [-0.25, -0.2) is 14.8 Å². The zero-order valence-corrected chi connectivity index (χ0v) is 26.2. The number of alkyl carbamates (subject to hydrolysis) is 1. The fraction of sp³-hybridized carbons (Fsp3) is 0.516. The minimum Gasteiger partial charge on any atom is -0.493 e. The molecule has 2 aromatic carbocycles. The largest absolute Gasteiger partial charge is 0.493 e. The zero-order valence-electron chi connectivity index (χ0n) is 24.6. The molecule has 0 aliphatic carbocycles. The van der Waals surface area contributed by atoms with Crippen LogP contribution in [0.15, 0.2) is 40.9 Å². The second-order valence-corrected chi connectivity index (χ2v) is 11.9. The number of carbonyl (C=O) groups excluding carboxylic acids is 1. The normalized spacial score (nSPS) is 12.2. The van der Waals surface area contributed by atoms with Gasteiger partial charge in [0.1, 0.15) is 17.2 Å². The summed E-state index contributed by atoms with van der Waals surface area (Å²) in [7, 11) is 1.65. The summed E-state index contributed by atoms with van der Waals surface area (Å²) in [6, 6.07) is 12.2. The van der Waals surface area contributed by atoms with E-state index in [1.54, 1.807) is 7.11 Å². The Morgan fingerprint density at radius 1 is 1.00 bits per heavy atom. The maximum Gasteiger partial charge on any atom is 0.407 e. The van der Waals surface area contributed by atoms with E-state index in [0.29, 0.717) is 30.5 Å². The molecule has 1 atom stereocenters. The highest BCUT2D eigenvalue weighted by atomic mass is 79.9. The maximum absolute atomic E-state index is 11.7. The minimum absolute atomic E-state index is 0.0539. The number of fused-ring (bicyclic) bond motifs is 1. The van der Waals surface area contributed by atoms with Gasteiger partial charge in [-0.3, -0.25) is 0 Å². The number of aromatic nitrogens is 2. The Morgan fingerprint density at radius 2 is 1.73 bits per heavy atom. The molecule has 0 unspecified atom stereocenters. The molecule has 0 saturated carbocycles. The molecule has 218 valence electrons. The third-order valence-electron chi connectivity index (χ3n) is 6.29. The highest BCUT2D eigenvalue weighted by molar-refractivity contribution is 9.10. The lowest BCUT2D eigenvalue weighted by Crippen LogP contribution is -2.32. The van der Waals surface area contributed by atoms with Crippen molar-refractivity contribution in [1.82, 2.24) is 15.3 Å². The standard InChI is InChI=1S/C31H43BrN4O4/c1-21(23-14-13-15-24(32)18-23)34-29-25-19-27(38-6)28(20-26(25)35-22(2)36-29)39-17-12-10-8-7-9-11-16-33-30(37)40-31(3,4)5/h13-15,18-21H,7-12,16-17H2,1-6H3,(H,33,37)(H,34,35,36)/t21-/m1/s1. The highest BCUT2D eigenvalue weighted by Gasteiger charge is 2.16.